The molecule has 90 valence electrons. The first-order valence-corrected chi connectivity index (χ1v) is 6.18. The van der Waals surface area contributed by atoms with Crippen LogP contribution in [0.4, 0.5) is 0 Å². The SMILES string of the molecule is CCOC(=O)CCc1csc(C(C)OC)n1. The van der Waals surface area contributed by atoms with E-state index in [1.807, 2.05) is 12.3 Å². The van der Waals surface area contributed by atoms with Crippen LogP contribution in [0.15, 0.2) is 5.38 Å². The number of methoxy groups -OCH3 is 1. The van der Waals surface area contributed by atoms with Crippen molar-refractivity contribution in [3.05, 3.63) is 16.1 Å². The molecule has 0 saturated heterocycles. The normalized spacial score (nSPS) is 12.4. The molecule has 4 nitrogen and oxygen atoms in total. The molecular weight excluding hydrogens is 226 g/mol. The molecule has 0 N–H and O–H groups in total. The number of carbonyl (C=O) groups is 1. The summed E-state index contributed by atoms with van der Waals surface area (Å²) in [4.78, 5) is 15.5. The Balaban J connectivity index is 2.43. The number of esters is 1. The van der Waals surface area contributed by atoms with Gasteiger partial charge in [-0.15, -0.1) is 11.3 Å². The second-order valence-electron chi connectivity index (χ2n) is 3.36. The summed E-state index contributed by atoms with van der Waals surface area (Å²) in [7, 11) is 1.66. The van der Waals surface area contributed by atoms with Crippen LogP contribution in [0.1, 0.15) is 37.1 Å². The Kier molecular flexibility index (Phi) is 5.42. The van der Waals surface area contributed by atoms with Crippen molar-refractivity contribution in [2.75, 3.05) is 13.7 Å². The zero-order valence-electron chi connectivity index (χ0n) is 9.86. The van der Waals surface area contributed by atoms with E-state index in [4.69, 9.17) is 9.47 Å². The highest BCUT2D eigenvalue weighted by molar-refractivity contribution is 7.09. The molecular formula is C11H17NO3S. The van der Waals surface area contributed by atoms with E-state index >= 15 is 0 Å². The molecule has 0 aliphatic carbocycles. The molecule has 0 spiro atoms. The number of aryl methyl sites for hydroxylation is 1. The lowest BCUT2D eigenvalue weighted by Gasteiger charge is -2.03. The van der Waals surface area contributed by atoms with Crippen molar-refractivity contribution in [1.82, 2.24) is 4.98 Å². The van der Waals surface area contributed by atoms with Crippen molar-refractivity contribution < 1.29 is 14.3 Å². The predicted molar refractivity (Wildman–Crippen MR) is 62.5 cm³/mol. The van der Waals surface area contributed by atoms with Crippen molar-refractivity contribution in [3.8, 4) is 0 Å². The van der Waals surface area contributed by atoms with Gasteiger partial charge in [-0.2, -0.15) is 0 Å². The maximum Gasteiger partial charge on any atom is 0.306 e. The number of hydrogen-bond donors (Lipinski definition) is 0. The van der Waals surface area contributed by atoms with Crippen LogP contribution in [0.3, 0.4) is 0 Å². The largest absolute Gasteiger partial charge is 0.466 e. The molecule has 0 bridgehead atoms. The monoisotopic (exact) mass is 243 g/mol. The molecule has 0 aromatic carbocycles. The van der Waals surface area contributed by atoms with Crippen LogP contribution < -0.4 is 0 Å². The first kappa shape index (κ1) is 13.1. The smallest absolute Gasteiger partial charge is 0.306 e. The Morgan fingerprint density at radius 1 is 1.62 bits per heavy atom. The summed E-state index contributed by atoms with van der Waals surface area (Å²) < 4.78 is 10.0. The summed E-state index contributed by atoms with van der Waals surface area (Å²) in [6, 6.07) is 0. The van der Waals surface area contributed by atoms with Gasteiger partial charge < -0.3 is 9.47 Å². The van der Waals surface area contributed by atoms with Crippen molar-refractivity contribution in [1.29, 1.82) is 0 Å². The minimum absolute atomic E-state index is 0.0151. The first-order chi connectivity index (χ1) is 7.67. The van der Waals surface area contributed by atoms with Gasteiger partial charge in [0.2, 0.25) is 0 Å². The van der Waals surface area contributed by atoms with Crippen LogP contribution in [0, 0.1) is 0 Å². The number of thiazole rings is 1. The van der Waals surface area contributed by atoms with Crippen molar-refractivity contribution >= 4 is 17.3 Å². The molecule has 0 amide bonds. The van der Waals surface area contributed by atoms with Gasteiger partial charge >= 0.3 is 5.97 Å². The maximum absolute atomic E-state index is 11.1. The molecule has 1 rings (SSSR count). The fourth-order valence-corrected chi connectivity index (χ4v) is 2.07. The third-order valence-corrected chi connectivity index (χ3v) is 3.22. The van der Waals surface area contributed by atoms with Crippen LogP contribution in [-0.2, 0) is 20.7 Å². The highest BCUT2D eigenvalue weighted by Gasteiger charge is 2.10. The van der Waals surface area contributed by atoms with Gasteiger partial charge in [0, 0.05) is 18.9 Å². The fourth-order valence-electron chi connectivity index (χ4n) is 1.19. The Bertz CT molecular complexity index is 338. The predicted octanol–water partition coefficient (Wildman–Crippen LogP) is 2.35. The lowest BCUT2D eigenvalue weighted by molar-refractivity contribution is -0.143. The second-order valence-corrected chi connectivity index (χ2v) is 4.25. The molecule has 0 fully saturated rings. The third kappa shape index (κ3) is 3.90. The number of aromatic nitrogens is 1. The highest BCUT2D eigenvalue weighted by atomic mass is 32.1. The van der Waals surface area contributed by atoms with Crippen LogP contribution in [0.25, 0.3) is 0 Å². The summed E-state index contributed by atoms with van der Waals surface area (Å²) in [5.74, 6) is -0.170. The fraction of sp³-hybridized carbons (Fsp3) is 0.636. The van der Waals surface area contributed by atoms with Gasteiger partial charge in [0.05, 0.1) is 18.7 Å². The van der Waals surface area contributed by atoms with Crippen molar-refractivity contribution in [3.63, 3.8) is 0 Å². The molecule has 1 unspecified atom stereocenters. The second kappa shape index (κ2) is 6.60. The Morgan fingerprint density at radius 3 is 3.00 bits per heavy atom. The van der Waals surface area contributed by atoms with Gasteiger partial charge in [-0.1, -0.05) is 0 Å². The molecule has 1 atom stereocenters. The first-order valence-electron chi connectivity index (χ1n) is 5.30. The van der Waals surface area contributed by atoms with E-state index in [0.29, 0.717) is 19.4 Å². The lowest BCUT2D eigenvalue weighted by atomic mass is 10.2. The number of carbonyl (C=O) groups excluding carboxylic acids is 1. The van der Waals surface area contributed by atoms with E-state index in [0.717, 1.165) is 10.7 Å². The van der Waals surface area contributed by atoms with Crippen molar-refractivity contribution in [2.24, 2.45) is 0 Å². The average molecular weight is 243 g/mol. The van der Waals surface area contributed by atoms with Crippen LogP contribution in [0.5, 0.6) is 0 Å². The summed E-state index contributed by atoms with van der Waals surface area (Å²) in [5.41, 5.74) is 0.928. The minimum atomic E-state index is -0.170. The third-order valence-electron chi connectivity index (χ3n) is 2.16. The summed E-state index contributed by atoms with van der Waals surface area (Å²) in [6.07, 6.45) is 1.03. The molecule has 1 aromatic rings. The zero-order chi connectivity index (χ0) is 12.0. The molecule has 16 heavy (non-hydrogen) atoms. The van der Waals surface area contributed by atoms with Gasteiger partial charge in [0.1, 0.15) is 11.1 Å². The van der Waals surface area contributed by atoms with Gasteiger partial charge in [-0.3, -0.25) is 4.79 Å². The van der Waals surface area contributed by atoms with E-state index in [1.54, 1.807) is 25.4 Å². The number of ether oxygens (including phenoxy) is 2. The molecule has 1 heterocycles. The van der Waals surface area contributed by atoms with Crippen LogP contribution in [-0.4, -0.2) is 24.7 Å². The van der Waals surface area contributed by atoms with Crippen LogP contribution >= 0.6 is 11.3 Å². The molecule has 0 saturated carbocycles. The van der Waals surface area contributed by atoms with Crippen molar-refractivity contribution in [2.45, 2.75) is 32.8 Å². The molecule has 1 aromatic heterocycles. The summed E-state index contributed by atoms with van der Waals surface area (Å²) >= 11 is 1.56. The Labute approximate surface area is 99.6 Å². The Hall–Kier alpha value is -0.940. The molecule has 0 aliphatic rings. The van der Waals surface area contributed by atoms with E-state index in [-0.39, 0.29) is 12.1 Å². The number of hydrogen-bond acceptors (Lipinski definition) is 5. The van der Waals surface area contributed by atoms with Gasteiger partial charge in [-0.25, -0.2) is 4.98 Å². The quantitative estimate of drug-likeness (QED) is 0.720. The van der Waals surface area contributed by atoms with Crippen LogP contribution in [0.2, 0.25) is 0 Å². The highest BCUT2D eigenvalue weighted by Crippen LogP contribution is 2.20. The topological polar surface area (TPSA) is 48.4 Å². The van der Waals surface area contributed by atoms with E-state index in [1.165, 1.54) is 0 Å². The van der Waals surface area contributed by atoms with Gasteiger partial charge in [0.15, 0.2) is 0 Å². The molecule has 0 radical (unpaired) electrons. The van der Waals surface area contributed by atoms with E-state index < -0.39 is 0 Å². The molecule has 5 heteroatoms. The summed E-state index contributed by atoms with van der Waals surface area (Å²) in [6.45, 7) is 4.19. The van der Waals surface area contributed by atoms with Gasteiger partial charge in [-0.05, 0) is 13.8 Å². The zero-order valence-corrected chi connectivity index (χ0v) is 10.7. The molecule has 0 aliphatic heterocycles. The van der Waals surface area contributed by atoms with Gasteiger partial charge in [0.25, 0.3) is 0 Å². The number of rotatable bonds is 6. The minimum Gasteiger partial charge on any atom is -0.466 e. The summed E-state index contributed by atoms with van der Waals surface area (Å²) in [5, 5.41) is 2.91. The Morgan fingerprint density at radius 2 is 2.38 bits per heavy atom. The van der Waals surface area contributed by atoms with E-state index in [9.17, 15) is 4.79 Å². The number of nitrogens with zero attached hydrogens (tertiary/aromatic N) is 1. The lowest BCUT2D eigenvalue weighted by Crippen LogP contribution is -2.05. The standard InChI is InChI=1S/C11H17NO3S/c1-4-15-10(13)6-5-9-7-16-11(12-9)8(2)14-3/h7-8H,4-6H2,1-3H3. The van der Waals surface area contributed by atoms with E-state index in [2.05, 4.69) is 4.98 Å². The average Bonchev–Trinajstić information content (AvgIpc) is 2.74. The maximum atomic E-state index is 11.1.